The molecule has 2 aromatic rings. The van der Waals surface area contributed by atoms with E-state index in [-0.39, 0.29) is 5.82 Å². The van der Waals surface area contributed by atoms with Crippen molar-refractivity contribution in [3.8, 4) is 5.75 Å². The average molecular weight is 292 g/mol. The smallest absolute Gasteiger partial charge is 0.123 e. The molecule has 0 atom stereocenters. The van der Waals surface area contributed by atoms with Gasteiger partial charge in [0.1, 0.15) is 11.6 Å². The van der Waals surface area contributed by atoms with E-state index in [0.717, 1.165) is 16.7 Å². The monoisotopic (exact) mass is 292 g/mol. The van der Waals surface area contributed by atoms with E-state index in [1.807, 2.05) is 66.7 Å². The number of para-hydroxylation sites is 1. The van der Waals surface area contributed by atoms with Gasteiger partial charge in [-0.15, -0.1) is 0 Å². The molecule has 2 heteroatoms. The van der Waals surface area contributed by atoms with Gasteiger partial charge in [-0.25, -0.2) is 4.39 Å². The molecule has 0 aliphatic heterocycles. The van der Waals surface area contributed by atoms with Crippen LogP contribution in [-0.4, -0.2) is 5.11 Å². The molecule has 0 saturated carbocycles. The molecule has 0 aliphatic carbocycles. The van der Waals surface area contributed by atoms with Crippen molar-refractivity contribution < 1.29 is 9.50 Å². The van der Waals surface area contributed by atoms with Crippen molar-refractivity contribution in [2.75, 3.05) is 0 Å². The molecule has 1 N–H and O–H groups in total. The Labute approximate surface area is 129 Å². The second kappa shape index (κ2) is 13.2. The van der Waals surface area contributed by atoms with Crippen molar-refractivity contribution in [3.05, 3.63) is 65.0 Å². The van der Waals surface area contributed by atoms with Crippen LogP contribution in [0.4, 0.5) is 4.39 Å². The molecular weight excluding hydrogens is 263 g/mol. The molecule has 0 fully saturated rings. The molecule has 0 aliphatic rings. The van der Waals surface area contributed by atoms with Crippen molar-refractivity contribution in [1.29, 1.82) is 0 Å². The maximum atomic E-state index is 12.3. The summed E-state index contributed by atoms with van der Waals surface area (Å²) in [7, 11) is 0. The molecule has 0 saturated heterocycles. The van der Waals surface area contributed by atoms with E-state index in [4.69, 9.17) is 5.11 Å². The first-order valence-corrected chi connectivity index (χ1v) is 7.48. The van der Waals surface area contributed by atoms with Gasteiger partial charge in [-0.3, -0.25) is 0 Å². The number of hydrogen-bond acceptors (Lipinski definition) is 1. The summed E-state index contributed by atoms with van der Waals surface area (Å²) in [6.45, 7) is 13.7. The molecule has 0 aromatic heterocycles. The van der Waals surface area contributed by atoms with Crippen LogP contribution < -0.4 is 0 Å². The zero-order valence-electron chi connectivity index (χ0n) is 14.4. The lowest BCUT2D eigenvalue weighted by Gasteiger charge is -1.96. The third kappa shape index (κ3) is 9.67. The third-order valence-corrected chi connectivity index (χ3v) is 2.58. The normalized spacial score (nSPS) is 8.19. The number of phenols is 1. The maximum absolute atomic E-state index is 12.3. The Bertz CT molecular complexity index is 472. The van der Waals surface area contributed by atoms with E-state index in [0.29, 0.717) is 5.75 Å². The molecule has 0 unspecified atom stereocenters. The zero-order valence-corrected chi connectivity index (χ0v) is 14.4. The largest absolute Gasteiger partial charge is 0.508 e. The molecule has 0 heterocycles. The van der Waals surface area contributed by atoms with E-state index in [1.54, 1.807) is 12.1 Å². The highest BCUT2D eigenvalue weighted by Gasteiger charge is 1.91. The average Bonchev–Trinajstić information content (AvgIpc) is 2.51. The van der Waals surface area contributed by atoms with Crippen LogP contribution in [-0.2, 0) is 0 Å². The van der Waals surface area contributed by atoms with Crippen LogP contribution in [0.15, 0.2) is 42.5 Å². The summed E-state index contributed by atoms with van der Waals surface area (Å²) in [4.78, 5) is 0. The molecule has 0 radical (unpaired) electrons. The van der Waals surface area contributed by atoms with Crippen LogP contribution in [0.3, 0.4) is 0 Å². The lowest BCUT2D eigenvalue weighted by atomic mass is 10.1. The number of benzene rings is 2. The van der Waals surface area contributed by atoms with Crippen LogP contribution in [0.2, 0.25) is 0 Å². The Morgan fingerprint density at radius 2 is 1.24 bits per heavy atom. The predicted molar refractivity (Wildman–Crippen MR) is 91.4 cm³/mol. The highest BCUT2D eigenvalue weighted by Crippen LogP contribution is 2.12. The zero-order chi connectivity index (χ0) is 16.8. The second-order valence-corrected chi connectivity index (χ2v) is 4.02. The summed E-state index contributed by atoms with van der Waals surface area (Å²) in [5.41, 5.74) is 3.07. The van der Waals surface area contributed by atoms with Crippen molar-refractivity contribution in [2.24, 2.45) is 0 Å². The lowest BCUT2D eigenvalue weighted by molar-refractivity contribution is 0.471. The van der Waals surface area contributed by atoms with Crippen LogP contribution in [0, 0.1) is 26.6 Å². The molecule has 0 amide bonds. The molecule has 2 aromatic carbocycles. The molecule has 0 bridgehead atoms. The maximum Gasteiger partial charge on any atom is 0.123 e. The van der Waals surface area contributed by atoms with E-state index in [1.165, 1.54) is 12.1 Å². The minimum atomic E-state index is -0.155. The molecule has 0 spiro atoms. The number of hydrogen-bond donors (Lipinski definition) is 1. The van der Waals surface area contributed by atoms with Gasteiger partial charge in [-0.1, -0.05) is 52.0 Å². The standard InChI is InChI=1S/C8H9F.C7H8O.2C2H6/c1-6-3-4-8(9)5-7(6)2;1-6-4-2-3-5-7(6)8;2*1-2/h3-5H,1-2H3;2-5,8H,1H3;2*1-2H3. The van der Waals surface area contributed by atoms with E-state index in [2.05, 4.69) is 0 Å². The Kier molecular flexibility index (Phi) is 13.5. The number of phenolic OH excluding ortho intramolecular Hbond substituents is 1. The molecule has 2 rings (SSSR count). The number of rotatable bonds is 0. The van der Waals surface area contributed by atoms with Gasteiger partial charge in [0.15, 0.2) is 0 Å². The van der Waals surface area contributed by atoms with Gasteiger partial charge in [0.2, 0.25) is 0 Å². The van der Waals surface area contributed by atoms with Crippen LogP contribution >= 0.6 is 0 Å². The van der Waals surface area contributed by atoms with Crippen molar-refractivity contribution >= 4 is 0 Å². The number of aromatic hydroxyl groups is 1. The lowest BCUT2D eigenvalue weighted by Crippen LogP contribution is -1.80. The van der Waals surface area contributed by atoms with Crippen molar-refractivity contribution in [3.63, 3.8) is 0 Å². The van der Waals surface area contributed by atoms with E-state index in [9.17, 15) is 4.39 Å². The molecule has 1 nitrogen and oxygen atoms in total. The third-order valence-electron chi connectivity index (χ3n) is 2.58. The SMILES string of the molecule is CC.CC.Cc1ccc(F)cc1C.Cc1ccccc1O. The number of aryl methyl sites for hydroxylation is 3. The summed E-state index contributed by atoms with van der Waals surface area (Å²) in [5, 5.41) is 8.92. The second-order valence-electron chi connectivity index (χ2n) is 4.02. The minimum absolute atomic E-state index is 0.155. The summed E-state index contributed by atoms with van der Waals surface area (Å²) in [6.07, 6.45) is 0. The topological polar surface area (TPSA) is 20.2 Å². The number of halogens is 1. The van der Waals surface area contributed by atoms with E-state index < -0.39 is 0 Å². The summed E-state index contributed by atoms with van der Waals surface area (Å²) in [6, 6.07) is 12.0. The highest BCUT2D eigenvalue weighted by atomic mass is 19.1. The Hall–Kier alpha value is -1.83. The van der Waals surface area contributed by atoms with Gasteiger partial charge in [0.05, 0.1) is 0 Å². The van der Waals surface area contributed by atoms with Gasteiger partial charge in [-0.05, 0) is 55.7 Å². The van der Waals surface area contributed by atoms with E-state index >= 15 is 0 Å². The van der Waals surface area contributed by atoms with Gasteiger partial charge >= 0.3 is 0 Å². The fraction of sp³-hybridized carbons (Fsp3) is 0.368. The van der Waals surface area contributed by atoms with Gasteiger partial charge in [0, 0.05) is 0 Å². The first-order chi connectivity index (χ1) is 10.0. The fourth-order valence-corrected chi connectivity index (χ4v) is 1.27. The summed E-state index contributed by atoms with van der Waals surface area (Å²) >= 11 is 0. The Morgan fingerprint density at radius 1 is 0.714 bits per heavy atom. The summed E-state index contributed by atoms with van der Waals surface area (Å²) in [5.74, 6) is 0.214. The van der Waals surface area contributed by atoms with Crippen LogP contribution in [0.1, 0.15) is 44.4 Å². The van der Waals surface area contributed by atoms with Crippen molar-refractivity contribution in [1.82, 2.24) is 0 Å². The molecular formula is C19H29FO. The highest BCUT2D eigenvalue weighted by molar-refractivity contribution is 5.29. The Morgan fingerprint density at radius 3 is 1.57 bits per heavy atom. The molecule has 118 valence electrons. The fourth-order valence-electron chi connectivity index (χ4n) is 1.27. The predicted octanol–water partition coefficient (Wildman–Crippen LogP) is 6.20. The molecule has 21 heavy (non-hydrogen) atoms. The summed E-state index contributed by atoms with van der Waals surface area (Å²) < 4.78 is 12.3. The van der Waals surface area contributed by atoms with Crippen LogP contribution in [0.25, 0.3) is 0 Å². The van der Waals surface area contributed by atoms with Gasteiger partial charge in [-0.2, -0.15) is 0 Å². The van der Waals surface area contributed by atoms with Gasteiger partial charge < -0.3 is 5.11 Å². The van der Waals surface area contributed by atoms with Crippen molar-refractivity contribution in [2.45, 2.75) is 48.5 Å². The first-order valence-electron chi connectivity index (χ1n) is 7.48. The first kappa shape index (κ1) is 21.5. The minimum Gasteiger partial charge on any atom is -0.508 e. The quantitative estimate of drug-likeness (QED) is 0.613. The van der Waals surface area contributed by atoms with Crippen LogP contribution in [0.5, 0.6) is 5.75 Å². The van der Waals surface area contributed by atoms with Gasteiger partial charge in [0.25, 0.3) is 0 Å². The Balaban J connectivity index is 0.